The second-order valence-electron chi connectivity index (χ2n) is 10.2. The van der Waals surface area contributed by atoms with Crippen molar-refractivity contribution in [2.75, 3.05) is 38.3 Å². The number of anilines is 1. The van der Waals surface area contributed by atoms with Gasteiger partial charge in [0.05, 0.1) is 18.0 Å². The zero-order valence-corrected chi connectivity index (χ0v) is 25.0. The van der Waals surface area contributed by atoms with Crippen LogP contribution in [-0.2, 0) is 11.3 Å². The topological polar surface area (TPSA) is 134 Å². The van der Waals surface area contributed by atoms with Gasteiger partial charge in [0, 0.05) is 61.1 Å². The van der Waals surface area contributed by atoms with E-state index in [9.17, 15) is 18.4 Å². The fourth-order valence-electron chi connectivity index (χ4n) is 5.19. The number of alkyl halides is 2. The van der Waals surface area contributed by atoms with Gasteiger partial charge in [0.15, 0.2) is 5.65 Å². The number of benzene rings is 1. The first-order valence-corrected chi connectivity index (χ1v) is 15.1. The minimum atomic E-state index is -3.08. The molecule has 2 amide bonds. The summed E-state index contributed by atoms with van der Waals surface area (Å²) < 4.78 is 34.4. The van der Waals surface area contributed by atoms with Crippen LogP contribution in [0.5, 0.6) is 5.75 Å². The summed E-state index contributed by atoms with van der Waals surface area (Å²) in [5.74, 6) is -0.820. The van der Waals surface area contributed by atoms with Gasteiger partial charge in [-0.2, -0.15) is 24.2 Å². The number of hydrogen-bond acceptors (Lipinski definition) is 9. The van der Waals surface area contributed by atoms with Crippen molar-refractivity contribution in [1.82, 2.24) is 34.2 Å². The first-order chi connectivity index (χ1) is 21.3. The second-order valence-corrected chi connectivity index (χ2v) is 11.1. The number of hydrogen-bond donors (Lipinski definition) is 1. The normalized spacial score (nSPS) is 13.9. The summed E-state index contributed by atoms with van der Waals surface area (Å²) in [4.78, 5) is 35.6. The fraction of sp³-hybridized carbons (Fsp3) is 0.379. The molecule has 1 N–H and O–H groups in total. The van der Waals surface area contributed by atoms with Gasteiger partial charge in [0.2, 0.25) is 5.91 Å². The molecule has 1 fully saturated rings. The number of carbonyl (C=O) groups is 2. The molecule has 0 spiro atoms. The van der Waals surface area contributed by atoms with Crippen LogP contribution in [0.3, 0.4) is 0 Å². The molecular formula is C29H31F2N9O3S. The number of piperidine rings is 1. The fourth-order valence-corrected chi connectivity index (χ4v) is 5.63. The summed E-state index contributed by atoms with van der Waals surface area (Å²) in [7, 11) is 1.99. The molecular weight excluding hydrogens is 592 g/mol. The molecule has 1 aliphatic rings. The Hall–Kier alpha value is -4.55. The molecule has 15 heteroatoms. The van der Waals surface area contributed by atoms with E-state index in [1.54, 1.807) is 29.3 Å². The highest BCUT2D eigenvalue weighted by Crippen LogP contribution is 2.38. The molecule has 44 heavy (non-hydrogen) atoms. The number of nitrogens with one attached hydrogen (secondary N) is 1. The van der Waals surface area contributed by atoms with Crippen molar-refractivity contribution in [3.63, 3.8) is 0 Å². The molecule has 12 nitrogen and oxygen atoms in total. The molecule has 3 aromatic heterocycles. The molecule has 230 valence electrons. The Labute approximate surface area is 256 Å². The number of nitrogens with zero attached hydrogens (tertiary/aromatic N) is 8. The number of nitriles is 1. The number of amides is 2. The number of thioether (sulfide) groups is 1. The van der Waals surface area contributed by atoms with Gasteiger partial charge in [0.1, 0.15) is 23.6 Å². The number of carbonyl (C=O) groups excluding carboxylic acids is 2. The van der Waals surface area contributed by atoms with E-state index in [1.807, 2.05) is 13.3 Å². The van der Waals surface area contributed by atoms with Crippen molar-refractivity contribution in [1.29, 1.82) is 5.26 Å². The van der Waals surface area contributed by atoms with Crippen LogP contribution < -0.4 is 10.1 Å². The quantitative estimate of drug-likeness (QED) is 0.246. The third-order valence-corrected chi connectivity index (χ3v) is 8.23. The van der Waals surface area contributed by atoms with Crippen LogP contribution in [0.2, 0.25) is 0 Å². The number of likely N-dealkylation sites (tertiary alicyclic amines) is 1. The molecule has 1 aliphatic heterocycles. The summed E-state index contributed by atoms with van der Waals surface area (Å²) in [6.07, 6.45) is 9.94. The number of fused-ring (bicyclic) bond motifs is 1. The average molecular weight is 624 g/mol. The van der Waals surface area contributed by atoms with Crippen molar-refractivity contribution in [2.45, 2.75) is 43.4 Å². The molecule has 5 rings (SSSR count). The number of halogens is 2. The maximum atomic E-state index is 13.4. The zero-order valence-electron chi connectivity index (χ0n) is 24.2. The molecule has 4 aromatic rings. The van der Waals surface area contributed by atoms with Crippen LogP contribution in [0.4, 0.5) is 14.5 Å². The number of aromatic nitrogens is 5. The van der Waals surface area contributed by atoms with Gasteiger partial charge in [0.25, 0.3) is 5.91 Å². The predicted molar refractivity (Wildman–Crippen MR) is 159 cm³/mol. The highest BCUT2D eigenvalue weighted by molar-refractivity contribution is 7.98. The molecule has 0 aliphatic carbocycles. The van der Waals surface area contributed by atoms with Gasteiger partial charge < -0.3 is 19.9 Å². The molecule has 0 radical (unpaired) electrons. The summed E-state index contributed by atoms with van der Waals surface area (Å²) in [5, 5.41) is 20.4. The van der Waals surface area contributed by atoms with Gasteiger partial charge in [-0.3, -0.25) is 14.3 Å². The van der Waals surface area contributed by atoms with Crippen molar-refractivity contribution in [3.05, 3.63) is 54.6 Å². The molecule has 0 unspecified atom stereocenters. The monoisotopic (exact) mass is 623 g/mol. The van der Waals surface area contributed by atoms with Crippen molar-refractivity contribution < 1.29 is 23.1 Å². The predicted octanol–water partition coefficient (Wildman–Crippen LogP) is 4.00. The molecule has 1 aromatic carbocycles. The minimum absolute atomic E-state index is 0.120. The molecule has 0 bridgehead atoms. The van der Waals surface area contributed by atoms with Crippen LogP contribution in [0.25, 0.3) is 16.9 Å². The molecule has 1 saturated heterocycles. The number of ether oxygens (including phenoxy) is 1. The maximum Gasteiger partial charge on any atom is 0.387 e. The molecule has 4 heterocycles. The Morgan fingerprint density at radius 1 is 1.30 bits per heavy atom. The summed E-state index contributed by atoms with van der Waals surface area (Å²) >= 11 is 1.40. The van der Waals surface area contributed by atoms with Gasteiger partial charge in [-0.05, 0) is 50.4 Å². The highest BCUT2D eigenvalue weighted by Gasteiger charge is 2.27. The van der Waals surface area contributed by atoms with Crippen molar-refractivity contribution in [2.24, 2.45) is 0 Å². The Kier molecular flexibility index (Phi) is 9.71. The molecule has 0 atom stereocenters. The van der Waals surface area contributed by atoms with E-state index < -0.39 is 12.5 Å². The van der Waals surface area contributed by atoms with Gasteiger partial charge in [-0.1, -0.05) is 0 Å². The Bertz CT molecular complexity index is 1680. The summed E-state index contributed by atoms with van der Waals surface area (Å²) in [5.41, 5.74) is 1.14. The number of rotatable bonds is 11. The standard InChI is InChI=1S/C29H31F2N9O3S/c1-37(11-3-9-32)19-7-13-38(14-8-19)25(41)18-39-17-23(35-28(42)22-16-34-40-12-4-10-33-27(22)40)26(36-39)21-15-20(44-2)5-6-24(21)43-29(30)31/h4-6,10,12,15-17,19,29H,3,7-8,11,13-14,18H2,1-2H3,(H,35,42). The van der Waals surface area contributed by atoms with E-state index in [0.717, 1.165) is 17.7 Å². The van der Waals surface area contributed by atoms with Crippen molar-refractivity contribution >= 4 is 34.9 Å². The first-order valence-electron chi connectivity index (χ1n) is 13.9. The van der Waals surface area contributed by atoms with Crippen LogP contribution in [0.15, 0.2) is 53.9 Å². The van der Waals surface area contributed by atoms with E-state index in [4.69, 9.17) is 10.00 Å². The first kappa shape index (κ1) is 30.9. The van der Waals surface area contributed by atoms with E-state index in [-0.39, 0.29) is 46.8 Å². The Morgan fingerprint density at radius 3 is 2.82 bits per heavy atom. The maximum absolute atomic E-state index is 13.4. The largest absolute Gasteiger partial charge is 0.434 e. The van der Waals surface area contributed by atoms with E-state index in [0.29, 0.717) is 31.7 Å². The summed E-state index contributed by atoms with van der Waals surface area (Å²) in [6, 6.07) is 8.86. The van der Waals surface area contributed by atoms with E-state index in [2.05, 4.69) is 31.5 Å². The smallest absolute Gasteiger partial charge is 0.387 e. The van der Waals surface area contributed by atoms with E-state index in [1.165, 1.54) is 45.6 Å². The van der Waals surface area contributed by atoms with Gasteiger partial charge in [-0.15, -0.1) is 11.8 Å². The SMILES string of the molecule is CSc1ccc(OC(F)F)c(-c2nn(CC(=O)N3CCC(N(C)CCC#N)CC3)cc2NC(=O)c2cnn3cccnc23)c1. The third kappa shape index (κ3) is 6.98. The molecule has 0 saturated carbocycles. The lowest BCUT2D eigenvalue weighted by Crippen LogP contribution is -2.46. The van der Waals surface area contributed by atoms with Gasteiger partial charge >= 0.3 is 6.61 Å². The minimum Gasteiger partial charge on any atom is -0.434 e. The van der Waals surface area contributed by atoms with Crippen LogP contribution in [0.1, 0.15) is 29.6 Å². The highest BCUT2D eigenvalue weighted by atomic mass is 32.2. The van der Waals surface area contributed by atoms with Crippen LogP contribution in [-0.4, -0.2) is 91.6 Å². The average Bonchev–Trinajstić information content (AvgIpc) is 3.63. The lowest BCUT2D eigenvalue weighted by Gasteiger charge is -2.36. The third-order valence-electron chi connectivity index (χ3n) is 7.51. The summed E-state index contributed by atoms with van der Waals surface area (Å²) in [6.45, 7) is -1.41. The second kappa shape index (κ2) is 13.8. The zero-order chi connectivity index (χ0) is 31.2. The Morgan fingerprint density at radius 2 is 2.09 bits per heavy atom. The van der Waals surface area contributed by atoms with Crippen LogP contribution >= 0.6 is 11.8 Å². The Balaban J connectivity index is 1.42. The van der Waals surface area contributed by atoms with Crippen LogP contribution in [0, 0.1) is 11.3 Å². The van der Waals surface area contributed by atoms with Gasteiger partial charge in [-0.25, -0.2) is 9.50 Å². The van der Waals surface area contributed by atoms with E-state index >= 15 is 0 Å². The lowest BCUT2D eigenvalue weighted by molar-refractivity contribution is -0.133. The van der Waals surface area contributed by atoms with Crippen molar-refractivity contribution in [3.8, 4) is 23.1 Å². The lowest BCUT2D eigenvalue weighted by atomic mass is 10.0.